The molecule has 4 aromatic rings. The molecule has 3 heterocycles. The summed E-state index contributed by atoms with van der Waals surface area (Å²) in [5, 5.41) is 2.67. The summed E-state index contributed by atoms with van der Waals surface area (Å²) >= 11 is 3.22. The fourth-order valence-corrected chi connectivity index (χ4v) is 4.34. The van der Waals surface area contributed by atoms with Crippen LogP contribution in [0.15, 0.2) is 71.3 Å². The molecule has 2 aromatic heterocycles. The fourth-order valence-electron chi connectivity index (χ4n) is 4.01. The van der Waals surface area contributed by atoms with Crippen LogP contribution >= 0.6 is 15.9 Å². The maximum Gasteiger partial charge on any atom is 0.322 e. The molecular weight excluding hydrogens is 487 g/mol. The number of nitrogens with one attached hydrogen (secondary N) is 1. The molecule has 168 valence electrons. The lowest BCUT2D eigenvalue weighted by atomic mass is 10.3. The van der Waals surface area contributed by atoms with Gasteiger partial charge in [0.2, 0.25) is 0 Å². The number of piperazine rings is 1. The average molecular weight is 509 g/mol. The number of fused-ring (bicyclic) bond motifs is 1. The second-order valence-electron chi connectivity index (χ2n) is 7.86. The summed E-state index contributed by atoms with van der Waals surface area (Å²) in [5.74, 6) is 0.439. The van der Waals surface area contributed by atoms with E-state index in [1.54, 1.807) is 23.2 Å². The molecule has 1 N–H and O–H groups in total. The average Bonchev–Trinajstić information content (AvgIpc) is 3.19. The van der Waals surface area contributed by atoms with Gasteiger partial charge in [-0.3, -0.25) is 9.47 Å². The van der Waals surface area contributed by atoms with E-state index < -0.39 is 5.82 Å². The third-order valence-corrected chi connectivity index (χ3v) is 6.19. The molecule has 0 unspecified atom stereocenters. The SMILES string of the molecule is O=C(Nc1ccc(Br)cc1F)N1CCN(Cc2nc3cccnc3n2-c2ccccc2)CC1. The highest BCUT2D eigenvalue weighted by atomic mass is 79.9. The molecule has 0 bridgehead atoms. The third kappa shape index (κ3) is 4.60. The zero-order valence-electron chi connectivity index (χ0n) is 17.8. The summed E-state index contributed by atoms with van der Waals surface area (Å²) in [6.07, 6.45) is 1.78. The molecule has 5 rings (SSSR count). The number of benzene rings is 2. The topological polar surface area (TPSA) is 66.3 Å². The number of carbonyl (C=O) groups excluding carboxylic acids is 1. The molecule has 33 heavy (non-hydrogen) atoms. The summed E-state index contributed by atoms with van der Waals surface area (Å²) in [6.45, 7) is 3.13. The third-order valence-electron chi connectivity index (χ3n) is 5.70. The van der Waals surface area contributed by atoms with Gasteiger partial charge in [-0.15, -0.1) is 0 Å². The minimum Gasteiger partial charge on any atom is -0.322 e. The number of nitrogens with zero attached hydrogens (tertiary/aromatic N) is 5. The van der Waals surface area contributed by atoms with Crippen LogP contribution in [-0.2, 0) is 6.54 Å². The Hall–Kier alpha value is -3.30. The molecule has 1 aliphatic heterocycles. The molecule has 1 saturated heterocycles. The van der Waals surface area contributed by atoms with Crippen molar-refractivity contribution >= 4 is 38.8 Å². The quantitative estimate of drug-likeness (QED) is 0.434. The molecule has 2 aromatic carbocycles. The first-order chi connectivity index (χ1) is 16.1. The number of imidazole rings is 1. The van der Waals surface area contributed by atoms with Gasteiger partial charge in [0.1, 0.15) is 17.2 Å². The van der Waals surface area contributed by atoms with Crippen molar-refractivity contribution in [3.05, 3.63) is 83.0 Å². The molecule has 0 atom stereocenters. The van der Waals surface area contributed by atoms with Gasteiger partial charge in [0, 0.05) is 42.5 Å². The van der Waals surface area contributed by atoms with E-state index >= 15 is 0 Å². The van der Waals surface area contributed by atoms with E-state index in [0.29, 0.717) is 37.2 Å². The molecule has 1 aliphatic rings. The zero-order valence-corrected chi connectivity index (χ0v) is 19.4. The molecule has 0 radical (unpaired) electrons. The van der Waals surface area contributed by atoms with Crippen LogP contribution in [-0.4, -0.2) is 56.5 Å². The van der Waals surface area contributed by atoms with Crippen molar-refractivity contribution in [2.75, 3.05) is 31.5 Å². The van der Waals surface area contributed by atoms with E-state index in [1.807, 2.05) is 42.5 Å². The second kappa shape index (κ2) is 9.29. The van der Waals surface area contributed by atoms with Gasteiger partial charge < -0.3 is 10.2 Å². The number of hydrogen-bond donors (Lipinski definition) is 1. The number of rotatable bonds is 4. The van der Waals surface area contributed by atoms with E-state index in [-0.39, 0.29) is 11.7 Å². The van der Waals surface area contributed by atoms with Crippen molar-refractivity contribution < 1.29 is 9.18 Å². The van der Waals surface area contributed by atoms with Crippen molar-refractivity contribution in [2.24, 2.45) is 0 Å². The highest BCUT2D eigenvalue weighted by molar-refractivity contribution is 9.10. The number of aromatic nitrogens is 3. The predicted octanol–water partition coefficient (Wildman–Crippen LogP) is 4.67. The Balaban J connectivity index is 1.27. The van der Waals surface area contributed by atoms with Gasteiger partial charge in [0.05, 0.1) is 12.2 Å². The summed E-state index contributed by atoms with van der Waals surface area (Å²) in [5.41, 5.74) is 2.87. The predicted molar refractivity (Wildman–Crippen MR) is 129 cm³/mol. The normalized spacial score (nSPS) is 14.5. The van der Waals surface area contributed by atoms with Crippen LogP contribution in [0.2, 0.25) is 0 Å². The second-order valence-corrected chi connectivity index (χ2v) is 8.78. The summed E-state index contributed by atoms with van der Waals surface area (Å²) in [4.78, 5) is 26.0. The van der Waals surface area contributed by atoms with Crippen LogP contribution in [0.3, 0.4) is 0 Å². The van der Waals surface area contributed by atoms with E-state index in [0.717, 1.165) is 22.7 Å². The largest absolute Gasteiger partial charge is 0.322 e. The first-order valence-corrected chi connectivity index (χ1v) is 11.5. The molecule has 9 heteroatoms. The van der Waals surface area contributed by atoms with Crippen LogP contribution in [0, 0.1) is 5.82 Å². The lowest BCUT2D eigenvalue weighted by molar-refractivity contribution is 0.140. The van der Waals surface area contributed by atoms with Crippen LogP contribution < -0.4 is 5.32 Å². The van der Waals surface area contributed by atoms with E-state index in [9.17, 15) is 9.18 Å². The van der Waals surface area contributed by atoms with Gasteiger partial charge in [-0.25, -0.2) is 19.2 Å². The lowest BCUT2D eigenvalue weighted by Crippen LogP contribution is -2.49. The number of hydrogen-bond acceptors (Lipinski definition) is 4. The minimum absolute atomic E-state index is 0.176. The highest BCUT2D eigenvalue weighted by Gasteiger charge is 2.24. The van der Waals surface area contributed by atoms with Gasteiger partial charge >= 0.3 is 6.03 Å². The fraction of sp³-hybridized carbons (Fsp3) is 0.208. The Bertz CT molecular complexity index is 1290. The Kier molecular flexibility index (Phi) is 6.06. The lowest BCUT2D eigenvalue weighted by Gasteiger charge is -2.34. The van der Waals surface area contributed by atoms with E-state index in [1.165, 1.54) is 6.07 Å². The van der Waals surface area contributed by atoms with Crippen molar-refractivity contribution in [3.8, 4) is 5.69 Å². The monoisotopic (exact) mass is 508 g/mol. The summed E-state index contributed by atoms with van der Waals surface area (Å²) < 4.78 is 16.8. The first kappa shape index (κ1) is 21.5. The van der Waals surface area contributed by atoms with Crippen LogP contribution in [0.25, 0.3) is 16.9 Å². The molecule has 1 fully saturated rings. The molecule has 0 saturated carbocycles. The van der Waals surface area contributed by atoms with E-state index in [2.05, 4.69) is 35.7 Å². The Morgan fingerprint density at radius 2 is 1.82 bits per heavy atom. The summed E-state index contributed by atoms with van der Waals surface area (Å²) in [6, 6.07) is 18.2. The van der Waals surface area contributed by atoms with Crippen molar-refractivity contribution in [1.82, 2.24) is 24.3 Å². The van der Waals surface area contributed by atoms with Gasteiger partial charge in [0.25, 0.3) is 0 Å². The summed E-state index contributed by atoms with van der Waals surface area (Å²) in [7, 11) is 0. The number of urea groups is 1. The van der Waals surface area contributed by atoms with Crippen LogP contribution in [0.4, 0.5) is 14.9 Å². The number of pyridine rings is 1. The van der Waals surface area contributed by atoms with Gasteiger partial charge in [-0.1, -0.05) is 34.1 Å². The Morgan fingerprint density at radius 3 is 2.58 bits per heavy atom. The molecule has 2 amide bonds. The van der Waals surface area contributed by atoms with Crippen LogP contribution in [0.1, 0.15) is 5.82 Å². The first-order valence-electron chi connectivity index (χ1n) is 10.7. The number of carbonyl (C=O) groups is 1. The van der Waals surface area contributed by atoms with Crippen molar-refractivity contribution in [2.45, 2.75) is 6.54 Å². The molecule has 7 nitrogen and oxygen atoms in total. The van der Waals surface area contributed by atoms with Gasteiger partial charge in [-0.2, -0.15) is 0 Å². The highest BCUT2D eigenvalue weighted by Crippen LogP contribution is 2.22. The van der Waals surface area contributed by atoms with Crippen LogP contribution in [0.5, 0.6) is 0 Å². The minimum atomic E-state index is -0.468. The van der Waals surface area contributed by atoms with Gasteiger partial charge in [-0.05, 0) is 42.5 Å². The maximum absolute atomic E-state index is 14.1. The Labute approximate surface area is 199 Å². The zero-order chi connectivity index (χ0) is 22.8. The standard InChI is InChI=1S/C24H22BrFN6O/c25-17-8-9-20(19(26)15-17)29-24(33)31-13-11-30(12-14-31)16-22-28-21-7-4-10-27-23(21)32(22)18-5-2-1-3-6-18/h1-10,15H,11-14,16H2,(H,29,33). The number of anilines is 1. The van der Waals surface area contributed by atoms with Gasteiger partial charge in [0.15, 0.2) is 5.65 Å². The molecular formula is C24H22BrFN6O. The van der Waals surface area contributed by atoms with Crippen molar-refractivity contribution in [1.29, 1.82) is 0 Å². The molecule has 0 aliphatic carbocycles. The molecule has 0 spiro atoms. The number of amides is 2. The van der Waals surface area contributed by atoms with E-state index in [4.69, 9.17) is 4.98 Å². The number of halogens is 2. The maximum atomic E-state index is 14.1. The Morgan fingerprint density at radius 1 is 1.03 bits per heavy atom. The van der Waals surface area contributed by atoms with Crippen molar-refractivity contribution in [3.63, 3.8) is 0 Å². The smallest absolute Gasteiger partial charge is 0.322 e. The number of para-hydroxylation sites is 1.